The van der Waals surface area contributed by atoms with Crippen LogP contribution in [0.4, 0.5) is 11.4 Å². The smallest absolute Gasteiger partial charge is 0.238 e. The van der Waals surface area contributed by atoms with E-state index >= 15 is 0 Å². The number of ether oxygens (including phenoxy) is 1. The summed E-state index contributed by atoms with van der Waals surface area (Å²) in [5.41, 5.74) is 4.38. The summed E-state index contributed by atoms with van der Waals surface area (Å²) >= 11 is 0. The quantitative estimate of drug-likeness (QED) is 0.583. The van der Waals surface area contributed by atoms with Crippen LogP contribution in [0.3, 0.4) is 0 Å². The Morgan fingerprint density at radius 3 is 2.19 bits per heavy atom. The van der Waals surface area contributed by atoms with Crippen molar-refractivity contribution in [1.82, 2.24) is 5.32 Å². The third kappa shape index (κ3) is 6.17. The molecule has 5 nitrogen and oxygen atoms in total. The molecular weight excluding hydrogens is 386 g/mol. The van der Waals surface area contributed by atoms with Gasteiger partial charge in [0.2, 0.25) is 5.91 Å². The van der Waals surface area contributed by atoms with Gasteiger partial charge in [0, 0.05) is 30.5 Å². The van der Waals surface area contributed by atoms with Gasteiger partial charge in [0.15, 0.2) is 0 Å². The second-order valence-electron chi connectivity index (χ2n) is 7.73. The summed E-state index contributed by atoms with van der Waals surface area (Å²) in [6.45, 7) is 3.57. The molecule has 2 N–H and O–H groups in total. The molecule has 1 heterocycles. The number of morpholine rings is 1. The van der Waals surface area contributed by atoms with Gasteiger partial charge in [0.25, 0.3) is 0 Å². The number of hydrogen-bond acceptors (Lipinski definition) is 4. The lowest BCUT2D eigenvalue weighted by molar-refractivity contribution is -0.115. The molecule has 160 valence electrons. The van der Waals surface area contributed by atoms with Gasteiger partial charge < -0.3 is 20.3 Å². The van der Waals surface area contributed by atoms with Crippen molar-refractivity contribution < 1.29 is 9.53 Å². The fraction of sp³-hybridized carbons (Fsp3) is 0.269. The summed E-state index contributed by atoms with van der Waals surface area (Å²) in [5, 5.41) is 6.43. The van der Waals surface area contributed by atoms with E-state index in [1.54, 1.807) is 0 Å². The molecule has 0 bridgehead atoms. The minimum Gasteiger partial charge on any atom is -0.378 e. The van der Waals surface area contributed by atoms with Crippen molar-refractivity contribution in [3.8, 4) is 0 Å². The molecule has 1 fully saturated rings. The van der Waals surface area contributed by atoms with E-state index in [0.29, 0.717) is 0 Å². The van der Waals surface area contributed by atoms with Crippen molar-refractivity contribution in [1.29, 1.82) is 0 Å². The van der Waals surface area contributed by atoms with Crippen molar-refractivity contribution in [2.45, 2.75) is 12.5 Å². The Kier molecular flexibility index (Phi) is 7.32. The molecule has 0 saturated carbocycles. The molecule has 0 aliphatic carbocycles. The van der Waals surface area contributed by atoms with Crippen molar-refractivity contribution in [3.05, 3.63) is 96.1 Å². The second kappa shape index (κ2) is 10.8. The van der Waals surface area contributed by atoms with Gasteiger partial charge in [0.05, 0.1) is 19.8 Å². The van der Waals surface area contributed by atoms with Gasteiger partial charge in [-0.3, -0.25) is 4.79 Å². The average Bonchev–Trinajstić information content (AvgIpc) is 2.84. The van der Waals surface area contributed by atoms with Crippen LogP contribution in [0.25, 0.3) is 0 Å². The Labute approximate surface area is 184 Å². The van der Waals surface area contributed by atoms with E-state index in [0.717, 1.165) is 44.1 Å². The number of carbonyl (C=O) groups excluding carboxylic acids is 1. The maximum absolute atomic E-state index is 12.6. The van der Waals surface area contributed by atoms with Gasteiger partial charge in [-0.2, -0.15) is 0 Å². The summed E-state index contributed by atoms with van der Waals surface area (Å²) in [5.74, 6) is -0.0480. The molecule has 5 heteroatoms. The van der Waals surface area contributed by atoms with Crippen LogP contribution in [0, 0.1) is 0 Å². The molecule has 1 saturated heterocycles. The van der Waals surface area contributed by atoms with Gasteiger partial charge in [-0.15, -0.1) is 0 Å². The normalized spacial score (nSPS) is 14.8. The third-order valence-electron chi connectivity index (χ3n) is 5.52. The van der Waals surface area contributed by atoms with Crippen LogP contribution in [0.1, 0.15) is 17.2 Å². The van der Waals surface area contributed by atoms with Crippen molar-refractivity contribution in [2.24, 2.45) is 0 Å². The van der Waals surface area contributed by atoms with E-state index in [-0.39, 0.29) is 18.5 Å². The van der Waals surface area contributed by atoms with Crippen LogP contribution in [-0.4, -0.2) is 38.8 Å². The zero-order valence-corrected chi connectivity index (χ0v) is 17.7. The number of amides is 1. The fourth-order valence-corrected chi connectivity index (χ4v) is 3.84. The van der Waals surface area contributed by atoms with Gasteiger partial charge in [-0.25, -0.2) is 0 Å². The molecule has 3 aromatic rings. The van der Waals surface area contributed by atoms with Crippen molar-refractivity contribution >= 4 is 17.3 Å². The highest BCUT2D eigenvalue weighted by Gasteiger charge is 2.14. The molecule has 1 aliphatic heterocycles. The summed E-state index contributed by atoms with van der Waals surface area (Å²) in [6, 6.07) is 28.7. The van der Waals surface area contributed by atoms with Crippen molar-refractivity contribution in [3.63, 3.8) is 0 Å². The predicted octanol–water partition coefficient (Wildman–Crippen LogP) is 4.04. The Morgan fingerprint density at radius 1 is 0.871 bits per heavy atom. The van der Waals surface area contributed by atoms with E-state index in [2.05, 4.69) is 51.9 Å². The van der Waals surface area contributed by atoms with Crippen LogP contribution >= 0.6 is 0 Å². The molecule has 4 rings (SSSR count). The standard InChI is InChI=1S/C26H29N3O2/c30-26(28-23-11-13-24(14-12-23)29-15-17-31-18-16-29)20-27-25(22-9-5-2-6-10-22)19-21-7-3-1-4-8-21/h1-14,25,27H,15-20H2,(H,28,30)/t25-/m1/s1. The second-order valence-corrected chi connectivity index (χ2v) is 7.73. The van der Waals surface area contributed by atoms with E-state index in [9.17, 15) is 4.79 Å². The third-order valence-corrected chi connectivity index (χ3v) is 5.52. The lowest BCUT2D eigenvalue weighted by Gasteiger charge is -2.28. The first-order valence-corrected chi connectivity index (χ1v) is 10.8. The molecule has 3 aromatic carbocycles. The number of anilines is 2. The largest absolute Gasteiger partial charge is 0.378 e. The van der Waals surface area contributed by atoms with E-state index in [1.807, 2.05) is 48.5 Å². The fourth-order valence-electron chi connectivity index (χ4n) is 3.84. The van der Waals surface area contributed by atoms with Crippen LogP contribution in [0.2, 0.25) is 0 Å². The Balaban J connectivity index is 1.34. The molecule has 0 spiro atoms. The summed E-state index contributed by atoms with van der Waals surface area (Å²) in [4.78, 5) is 14.9. The highest BCUT2D eigenvalue weighted by molar-refractivity contribution is 5.92. The first-order valence-electron chi connectivity index (χ1n) is 10.8. The maximum atomic E-state index is 12.6. The van der Waals surface area contributed by atoms with E-state index in [4.69, 9.17) is 4.74 Å². The lowest BCUT2D eigenvalue weighted by Crippen LogP contribution is -2.36. The first-order chi connectivity index (χ1) is 15.3. The van der Waals surface area contributed by atoms with Crippen molar-refractivity contribution in [2.75, 3.05) is 43.1 Å². The Bertz CT molecular complexity index is 939. The number of carbonyl (C=O) groups is 1. The molecule has 0 radical (unpaired) electrons. The molecular formula is C26H29N3O2. The molecule has 31 heavy (non-hydrogen) atoms. The van der Waals surface area contributed by atoms with Gasteiger partial charge in [-0.05, 0) is 41.8 Å². The monoisotopic (exact) mass is 415 g/mol. The number of nitrogens with one attached hydrogen (secondary N) is 2. The number of hydrogen-bond donors (Lipinski definition) is 2. The maximum Gasteiger partial charge on any atom is 0.238 e. The number of nitrogens with zero attached hydrogens (tertiary/aromatic N) is 1. The molecule has 0 aromatic heterocycles. The molecule has 1 amide bonds. The molecule has 1 atom stereocenters. The summed E-state index contributed by atoms with van der Waals surface area (Å²) in [6.07, 6.45) is 0.826. The van der Waals surface area contributed by atoms with E-state index in [1.165, 1.54) is 11.1 Å². The zero-order chi connectivity index (χ0) is 21.3. The van der Waals surface area contributed by atoms with Crippen LogP contribution < -0.4 is 15.5 Å². The number of benzene rings is 3. The predicted molar refractivity (Wildman–Crippen MR) is 125 cm³/mol. The minimum absolute atomic E-state index is 0.0480. The summed E-state index contributed by atoms with van der Waals surface area (Å²) in [7, 11) is 0. The topological polar surface area (TPSA) is 53.6 Å². The van der Waals surface area contributed by atoms with Gasteiger partial charge in [0.1, 0.15) is 0 Å². The van der Waals surface area contributed by atoms with Gasteiger partial charge in [-0.1, -0.05) is 60.7 Å². The SMILES string of the molecule is O=C(CN[C@H](Cc1ccccc1)c1ccccc1)Nc1ccc(N2CCOCC2)cc1. The minimum atomic E-state index is -0.0480. The molecule has 0 unspecified atom stereocenters. The Hall–Kier alpha value is -3.15. The van der Waals surface area contributed by atoms with Gasteiger partial charge >= 0.3 is 0 Å². The van der Waals surface area contributed by atoms with Crippen LogP contribution in [-0.2, 0) is 16.0 Å². The Morgan fingerprint density at radius 2 is 1.52 bits per heavy atom. The highest BCUT2D eigenvalue weighted by Crippen LogP contribution is 2.20. The number of rotatable bonds is 8. The lowest BCUT2D eigenvalue weighted by atomic mass is 9.99. The highest BCUT2D eigenvalue weighted by atomic mass is 16.5. The zero-order valence-electron chi connectivity index (χ0n) is 17.7. The summed E-state index contributed by atoms with van der Waals surface area (Å²) < 4.78 is 5.41. The van der Waals surface area contributed by atoms with Crippen LogP contribution in [0.5, 0.6) is 0 Å². The first kappa shape index (κ1) is 21.1. The average molecular weight is 416 g/mol. The van der Waals surface area contributed by atoms with Crippen LogP contribution in [0.15, 0.2) is 84.9 Å². The molecule has 1 aliphatic rings. The van der Waals surface area contributed by atoms with E-state index < -0.39 is 0 Å².